The number of aryl methyl sites for hydroxylation is 2. The van der Waals surface area contributed by atoms with Gasteiger partial charge in [-0.15, -0.1) is 0 Å². The Morgan fingerprint density at radius 3 is 2.38 bits per heavy atom. The summed E-state index contributed by atoms with van der Waals surface area (Å²) in [7, 11) is 0. The molecule has 7 nitrogen and oxygen atoms in total. The zero-order chi connectivity index (χ0) is 16.2. The number of benzene rings is 1. The van der Waals surface area contributed by atoms with E-state index in [0.717, 1.165) is 16.0 Å². The first kappa shape index (κ1) is 17.0. The number of hydrogen-bond acceptors (Lipinski definition) is 3. The summed E-state index contributed by atoms with van der Waals surface area (Å²) in [6, 6.07) is 2.98. The number of carboxylic acid groups (broad SMARTS) is 1. The molecule has 0 heterocycles. The van der Waals surface area contributed by atoms with Crippen molar-refractivity contribution in [3.8, 4) is 0 Å². The lowest BCUT2D eigenvalue weighted by atomic mass is 10.1. The van der Waals surface area contributed by atoms with Crippen LogP contribution in [-0.4, -0.2) is 41.0 Å². The van der Waals surface area contributed by atoms with Crippen molar-refractivity contribution in [2.24, 2.45) is 5.73 Å². The van der Waals surface area contributed by atoms with E-state index in [1.165, 1.54) is 0 Å². The lowest BCUT2D eigenvalue weighted by Crippen LogP contribution is -2.43. The van der Waals surface area contributed by atoms with Crippen molar-refractivity contribution in [3.63, 3.8) is 0 Å². The minimum atomic E-state index is -1.23. The van der Waals surface area contributed by atoms with E-state index < -0.39 is 31.0 Å². The third kappa shape index (κ3) is 5.07. The zero-order valence-electron chi connectivity index (χ0n) is 11.6. The molecule has 0 saturated carbocycles. The number of aliphatic carboxylic acids is 1. The number of carbonyl (C=O) groups excluding carboxylic acids is 2. The highest BCUT2D eigenvalue weighted by Crippen LogP contribution is 2.28. The molecule has 0 aliphatic rings. The van der Waals surface area contributed by atoms with Gasteiger partial charge in [-0.25, -0.2) is 4.79 Å². The standard InChI is InChI=1S/C13H16BrN3O4/c1-7-3-8(2)12(9(14)4-7)16-13(21)17(5-10(15)18)6-11(19)20/h3-4H,5-6H2,1-2H3,(H2,15,18)(H,16,21)(H,19,20). The number of nitrogens with two attached hydrogens (primary N) is 1. The Labute approximate surface area is 130 Å². The minimum Gasteiger partial charge on any atom is -0.480 e. The maximum absolute atomic E-state index is 12.1. The van der Waals surface area contributed by atoms with Crippen LogP contribution in [-0.2, 0) is 9.59 Å². The monoisotopic (exact) mass is 357 g/mol. The highest BCUT2D eigenvalue weighted by Gasteiger charge is 2.20. The van der Waals surface area contributed by atoms with E-state index >= 15 is 0 Å². The number of carboxylic acids is 1. The van der Waals surface area contributed by atoms with E-state index in [9.17, 15) is 14.4 Å². The average molecular weight is 358 g/mol. The summed E-state index contributed by atoms with van der Waals surface area (Å²) >= 11 is 3.34. The molecule has 0 aliphatic carbocycles. The van der Waals surface area contributed by atoms with Gasteiger partial charge in [0.1, 0.15) is 13.1 Å². The molecular formula is C13H16BrN3O4. The number of nitrogens with zero attached hydrogens (tertiary/aromatic N) is 1. The number of urea groups is 1. The molecule has 1 rings (SSSR count). The molecule has 114 valence electrons. The molecule has 1 aromatic rings. The summed E-state index contributed by atoms with van der Waals surface area (Å²) in [6.45, 7) is 2.63. The average Bonchev–Trinajstić information content (AvgIpc) is 2.31. The number of hydrogen-bond donors (Lipinski definition) is 3. The number of amides is 3. The molecule has 21 heavy (non-hydrogen) atoms. The molecule has 1 aromatic carbocycles. The predicted octanol–water partition coefficient (Wildman–Crippen LogP) is 1.47. The largest absolute Gasteiger partial charge is 0.480 e. The first-order valence-corrected chi connectivity index (χ1v) is 6.82. The second-order valence-corrected chi connectivity index (χ2v) is 5.44. The van der Waals surface area contributed by atoms with Crippen molar-refractivity contribution in [2.45, 2.75) is 13.8 Å². The molecule has 8 heteroatoms. The number of carbonyl (C=O) groups is 3. The van der Waals surface area contributed by atoms with Crippen LogP contribution < -0.4 is 11.1 Å². The summed E-state index contributed by atoms with van der Waals surface area (Å²) in [6.07, 6.45) is 0. The number of anilines is 1. The quantitative estimate of drug-likeness (QED) is 0.740. The number of halogens is 1. The van der Waals surface area contributed by atoms with Gasteiger partial charge in [0.25, 0.3) is 0 Å². The Morgan fingerprint density at radius 1 is 1.29 bits per heavy atom. The highest BCUT2D eigenvalue weighted by atomic mass is 79.9. The van der Waals surface area contributed by atoms with E-state index in [1.54, 1.807) is 0 Å². The van der Waals surface area contributed by atoms with Crippen LogP contribution in [0.4, 0.5) is 10.5 Å². The topological polar surface area (TPSA) is 113 Å². The minimum absolute atomic E-state index is 0.472. The van der Waals surface area contributed by atoms with E-state index in [2.05, 4.69) is 21.2 Å². The van der Waals surface area contributed by atoms with Gasteiger partial charge < -0.3 is 21.1 Å². The highest BCUT2D eigenvalue weighted by molar-refractivity contribution is 9.10. The Kier molecular flexibility index (Phi) is 5.71. The van der Waals surface area contributed by atoms with Crippen LogP contribution in [0.25, 0.3) is 0 Å². The first-order valence-electron chi connectivity index (χ1n) is 6.03. The fraction of sp³-hybridized carbons (Fsp3) is 0.308. The van der Waals surface area contributed by atoms with E-state index in [0.29, 0.717) is 10.2 Å². The molecule has 0 saturated heterocycles. The Hall–Kier alpha value is -2.09. The molecule has 4 N–H and O–H groups in total. The van der Waals surface area contributed by atoms with Gasteiger partial charge in [0, 0.05) is 4.47 Å². The SMILES string of the molecule is Cc1cc(C)c(NC(=O)N(CC(N)=O)CC(=O)O)c(Br)c1. The third-order valence-corrected chi connectivity index (χ3v) is 3.25. The van der Waals surface area contributed by atoms with E-state index in [-0.39, 0.29) is 0 Å². The van der Waals surface area contributed by atoms with Crippen molar-refractivity contribution in [1.29, 1.82) is 0 Å². The predicted molar refractivity (Wildman–Crippen MR) is 81.0 cm³/mol. The molecule has 0 unspecified atom stereocenters. The second kappa shape index (κ2) is 7.07. The molecule has 0 fully saturated rings. The molecule has 0 bridgehead atoms. The molecular weight excluding hydrogens is 342 g/mol. The Bertz CT molecular complexity index is 550. The van der Waals surface area contributed by atoms with Crippen molar-refractivity contribution < 1.29 is 19.5 Å². The van der Waals surface area contributed by atoms with Gasteiger partial charge in [0.05, 0.1) is 5.69 Å². The second-order valence-electron chi connectivity index (χ2n) is 4.58. The number of primary amides is 1. The summed E-state index contributed by atoms with van der Waals surface area (Å²) < 4.78 is 0.669. The summed E-state index contributed by atoms with van der Waals surface area (Å²) in [5.41, 5.74) is 7.36. The smallest absolute Gasteiger partial charge is 0.323 e. The van der Waals surface area contributed by atoms with Gasteiger partial charge in [-0.05, 0) is 47.0 Å². The van der Waals surface area contributed by atoms with Crippen LogP contribution in [0.15, 0.2) is 16.6 Å². The Morgan fingerprint density at radius 2 is 1.90 bits per heavy atom. The van der Waals surface area contributed by atoms with Gasteiger partial charge >= 0.3 is 12.0 Å². The first-order chi connectivity index (χ1) is 9.70. The summed E-state index contributed by atoms with van der Waals surface area (Å²) in [5.74, 6) is -2.02. The van der Waals surface area contributed by atoms with E-state index in [4.69, 9.17) is 10.8 Å². The van der Waals surface area contributed by atoms with Crippen molar-refractivity contribution in [1.82, 2.24) is 4.90 Å². The molecule has 0 radical (unpaired) electrons. The van der Waals surface area contributed by atoms with Crippen LogP contribution in [0.3, 0.4) is 0 Å². The zero-order valence-corrected chi connectivity index (χ0v) is 13.2. The van der Waals surface area contributed by atoms with Crippen molar-refractivity contribution >= 4 is 39.5 Å². The van der Waals surface area contributed by atoms with Gasteiger partial charge in [0.15, 0.2) is 0 Å². The number of rotatable bonds is 5. The molecule has 0 aliphatic heterocycles. The van der Waals surface area contributed by atoms with Gasteiger partial charge in [-0.2, -0.15) is 0 Å². The van der Waals surface area contributed by atoms with Crippen molar-refractivity contribution in [2.75, 3.05) is 18.4 Å². The Balaban J connectivity index is 2.96. The van der Waals surface area contributed by atoms with Gasteiger partial charge in [0.2, 0.25) is 5.91 Å². The van der Waals surface area contributed by atoms with Crippen LogP contribution in [0.1, 0.15) is 11.1 Å². The maximum Gasteiger partial charge on any atom is 0.323 e. The summed E-state index contributed by atoms with van der Waals surface area (Å²) in [4.78, 5) is 34.6. The third-order valence-electron chi connectivity index (χ3n) is 2.62. The van der Waals surface area contributed by atoms with Crippen molar-refractivity contribution in [3.05, 3.63) is 27.7 Å². The van der Waals surface area contributed by atoms with Gasteiger partial charge in [-0.3, -0.25) is 9.59 Å². The fourth-order valence-corrected chi connectivity index (χ4v) is 2.58. The van der Waals surface area contributed by atoms with E-state index in [1.807, 2.05) is 26.0 Å². The molecule has 0 spiro atoms. The lowest BCUT2D eigenvalue weighted by Gasteiger charge is -2.21. The van der Waals surface area contributed by atoms with Crippen LogP contribution in [0.2, 0.25) is 0 Å². The fourth-order valence-electron chi connectivity index (χ4n) is 1.81. The molecule has 3 amide bonds. The molecule has 0 atom stereocenters. The maximum atomic E-state index is 12.1. The van der Waals surface area contributed by atoms with Crippen LogP contribution in [0.5, 0.6) is 0 Å². The van der Waals surface area contributed by atoms with Crippen LogP contribution in [0, 0.1) is 13.8 Å². The van der Waals surface area contributed by atoms with Crippen LogP contribution >= 0.6 is 15.9 Å². The normalized spacial score (nSPS) is 10.0. The lowest BCUT2D eigenvalue weighted by molar-refractivity contribution is -0.137. The number of nitrogens with one attached hydrogen (secondary N) is 1. The summed E-state index contributed by atoms with van der Waals surface area (Å²) in [5, 5.41) is 11.4. The van der Waals surface area contributed by atoms with Gasteiger partial charge in [-0.1, -0.05) is 6.07 Å². The molecule has 0 aromatic heterocycles.